The Hall–Kier alpha value is -3.60. The van der Waals surface area contributed by atoms with Crippen molar-refractivity contribution in [1.82, 2.24) is 9.97 Å². The van der Waals surface area contributed by atoms with E-state index in [9.17, 15) is 9.59 Å². The fourth-order valence-corrected chi connectivity index (χ4v) is 5.06. The van der Waals surface area contributed by atoms with E-state index in [0.29, 0.717) is 33.5 Å². The molecule has 0 spiro atoms. The van der Waals surface area contributed by atoms with Gasteiger partial charge in [-0.25, -0.2) is 0 Å². The maximum atomic E-state index is 13.6. The minimum atomic E-state index is -0.00607. The van der Waals surface area contributed by atoms with Crippen LogP contribution in [-0.2, 0) is 6.42 Å². The van der Waals surface area contributed by atoms with Crippen molar-refractivity contribution in [2.45, 2.75) is 40.0 Å². The Balaban J connectivity index is 1.86. The lowest BCUT2D eigenvalue weighted by Gasteiger charge is -2.24. The molecule has 0 fully saturated rings. The molecule has 5 heteroatoms. The number of para-hydroxylation sites is 1. The van der Waals surface area contributed by atoms with Gasteiger partial charge in [0.15, 0.2) is 10.9 Å². The highest BCUT2D eigenvalue weighted by atomic mass is 16.1. The summed E-state index contributed by atoms with van der Waals surface area (Å²) in [5.41, 5.74) is 5.07. The average Bonchev–Trinajstić information content (AvgIpc) is 2.83. The number of hydrogen-bond acceptors (Lipinski definition) is 3. The molecule has 3 aromatic carbocycles. The predicted octanol–water partition coefficient (Wildman–Crippen LogP) is 5.86. The number of hydrogen-bond donors (Lipinski definition) is 2. The van der Waals surface area contributed by atoms with Gasteiger partial charge in [-0.15, -0.1) is 0 Å². The molecule has 0 bridgehead atoms. The van der Waals surface area contributed by atoms with E-state index in [0.717, 1.165) is 53.7 Å². The van der Waals surface area contributed by atoms with E-state index < -0.39 is 0 Å². The summed E-state index contributed by atoms with van der Waals surface area (Å²) < 4.78 is 0. The summed E-state index contributed by atoms with van der Waals surface area (Å²) in [6.07, 6.45) is 2.78. The zero-order valence-corrected chi connectivity index (χ0v) is 19.4. The van der Waals surface area contributed by atoms with Crippen LogP contribution in [0.15, 0.2) is 58.1 Å². The second-order valence-electron chi connectivity index (χ2n) is 8.72. The number of nitrogens with zero attached hydrogens (tertiary/aromatic N) is 1. The Labute approximate surface area is 192 Å². The van der Waals surface area contributed by atoms with Gasteiger partial charge in [-0.1, -0.05) is 32.9 Å². The van der Waals surface area contributed by atoms with Gasteiger partial charge in [0.2, 0.25) is 0 Å². The van der Waals surface area contributed by atoms with Crippen molar-refractivity contribution >= 4 is 49.3 Å². The number of pyridine rings is 2. The molecule has 5 rings (SSSR count). The van der Waals surface area contributed by atoms with Crippen molar-refractivity contribution in [2.24, 2.45) is 0 Å². The third-order valence-corrected chi connectivity index (χ3v) is 6.56. The Morgan fingerprint density at radius 1 is 0.727 bits per heavy atom. The van der Waals surface area contributed by atoms with E-state index >= 15 is 0 Å². The maximum absolute atomic E-state index is 13.6. The van der Waals surface area contributed by atoms with E-state index in [1.807, 2.05) is 49.4 Å². The first-order chi connectivity index (χ1) is 16.1. The highest BCUT2D eigenvalue weighted by Crippen LogP contribution is 2.28. The second-order valence-corrected chi connectivity index (χ2v) is 8.72. The van der Waals surface area contributed by atoms with Gasteiger partial charge in [0.05, 0.1) is 21.9 Å². The van der Waals surface area contributed by atoms with Gasteiger partial charge >= 0.3 is 0 Å². The molecule has 0 unspecified atom stereocenters. The fraction of sp³-hybridized carbons (Fsp3) is 0.286. The van der Waals surface area contributed by atoms with E-state index in [1.54, 1.807) is 0 Å². The van der Waals surface area contributed by atoms with Crippen molar-refractivity contribution in [1.29, 1.82) is 0 Å². The standard InChI is InChI=1S/C28H29N3O2/c1-4-13-31(14-5-2)17-11-12-20-23(15-17)30-26-18(6-3)25-24(16-21(26)27(20)32)29-22-10-8-7-9-19(22)28(25)33/h7-12,15-16H,4-6,13-14H2,1-3H3,(H,29,33)(H,30,32). The maximum Gasteiger partial charge on any atom is 0.197 e. The van der Waals surface area contributed by atoms with Crippen LogP contribution in [0.5, 0.6) is 0 Å². The Morgan fingerprint density at radius 3 is 2.18 bits per heavy atom. The molecule has 0 amide bonds. The summed E-state index contributed by atoms with van der Waals surface area (Å²) in [6.45, 7) is 8.35. The Morgan fingerprint density at radius 2 is 1.45 bits per heavy atom. The molecule has 0 aliphatic rings. The lowest BCUT2D eigenvalue weighted by molar-refractivity contribution is 0.745. The number of aromatic nitrogens is 2. The van der Waals surface area contributed by atoms with Gasteiger partial charge < -0.3 is 14.9 Å². The van der Waals surface area contributed by atoms with E-state index in [4.69, 9.17) is 0 Å². The number of aryl methyl sites for hydroxylation is 1. The monoisotopic (exact) mass is 439 g/mol. The first-order valence-electron chi connectivity index (χ1n) is 11.9. The van der Waals surface area contributed by atoms with Gasteiger partial charge in [-0.3, -0.25) is 9.59 Å². The summed E-state index contributed by atoms with van der Waals surface area (Å²) in [5.74, 6) is 0. The molecule has 2 N–H and O–H groups in total. The minimum Gasteiger partial charge on any atom is -0.371 e. The molecule has 0 aliphatic heterocycles. The van der Waals surface area contributed by atoms with Gasteiger partial charge in [0.25, 0.3) is 0 Å². The highest BCUT2D eigenvalue weighted by Gasteiger charge is 2.17. The van der Waals surface area contributed by atoms with Crippen LogP contribution in [0.4, 0.5) is 5.69 Å². The third kappa shape index (κ3) is 3.39. The van der Waals surface area contributed by atoms with Crippen LogP contribution in [0.25, 0.3) is 43.6 Å². The summed E-state index contributed by atoms with van der Waals surface area (Å²) in [5, 5.41) is 2.61. The van der Waals surface area contributed by atoms with Crippen LogP contribution in [0.2, 0.25) is 0 Å². The highest BCUT2D eigenvalue weighted by molar-refractivity contribution is 6.05. The molecule has 2 heterocycles. The van der Waals surface area contributed by atoms with Gasteiger partial charge in [0.1, 0.15) is 0 Å². The van der Waals surface area contributed by atoms with Crippen LogP contribution >= 0.6 is 0 Å². The van der Waals surface area contributed by atoms with Crippen LogP contribution < -0.4 is 15.8 Å². The smallest absolute Gasteiger partial charge is 0.197 e. The lowest BCUT2D eigenvalue weighted by Crippen LogP contribution is -2.24. The number of fused-ring (bicyclic) bond motifs is 4. The number of aromatic amines is 2. The molecule has 168 valence electrons. The Bertz CT molecular complexity index is 1620. The minimum absolute atomic E-state index is 0.00450. The van der Waals surface area contributed by atoms with Gasteiger partial charge in [-0.2, -0.15) is 0 Å². The topological polar surface area (TPSA) is 69.0 Å². The number of anilines is 1. The summed E-state index contributed by atoms with van der Waals surface area (Å²) in [7, 11) is 0. The van der Waals surface area contributed by atoms with Crippen LogP contribution in [-0.4, -0.2) is 23.1 Å². The zero-order valence-electron chi connectivity index (χ0n) is 19.4. The lowest BCUT2D eigenvalue weighted by atomic mass is 9.98. The second kappa shape index (κ2) is 8.39. The third-order valence-electron chi connectivity index (χ3n) is 6.56. The predicted molar refractivity (Wildman–Crippen MR) is 140 cm³/mol. The van der Waals surface area contributed by atoms with E-state index in [1.165, 1.54) is 0 Å². The van der Waals surface area contributed by atoms with Crippen LogP contribution in [0.3, 0.4) is 0 Å². The van der Waals surface area contributed by atoms with E-state index in [2.05, 4.69) is 34.8 Å². The van der Waals surface area contributed by atoms with E-state index in [-0.39, 0.29) is 10.9 Å². The molecule has 2 aromatic heterocycles. The van der Waals surface area contributed by atoms with Gasteiger partial charge in [0, 0.05) is 40.5 Å². The van der Waals surface area contributed by atoms with Crippen molar-refractivity contribution in [3.63, 3.8) is 0 Å². The molecular weight excluding hydrogens is 410 g/mol. The summed E-state index contributed by atoms with van der Waals surface area (Å²) in [4.78, 5) is 36.3. The number of rotatable bonds is 6. The summed E-state index contributed by atoms with van der Waals surface area (Å²) >= 11 is 0. The molecule has 0 saturated heterocycles. The van der Waals surface area contributed by atoms with Crippen LogP contribution in [0, 0.1) is 0 Å². The molecule has 0 atom stereocenters. The average molecular weight is 440 g/mol. The van der Waals surface area contributed by atoms with Crippen molar-refractivity contribution in [2.75, 3.05) is 18.0 Å². The Kier molecular flexibility index (Phi) is 5.41. The normalized spacial score (nSPS) is 11.7. The van der Waals surface area contributed by atoms with Crippen molar-refractivity contribution in [3.05, 3.63) is 74.5 Å². The van der Waals surface area contributed by atoms with Gasteiger partial charge in [-0.05, 0) is 61.2 Å². The SMILES string of the molecule is CCCN(CCC)c1ccc2c(=O)c3cc4[nH]c5ccccc5c(=O)c4c(CC)c3[nH]c2c1. The zero-order chi connectivity index (χ0) is 23.1. The molecular formula is C28H29N3O2. The first-order valence-corrected chi connectivity index (χ1v) is 11.9. The first kappa shape index (κ1) is 21.3. The molecule has 33 heavy (non-hydrogen) atoms. The number of H-pyrrole nitrogens is 2. The number of benzene rings is 3. The van der Waals surface area contributed by atoms with Crippen molar-refractivity contribution < 1.29 is 0 Å². The molecule has 5 aromatic rings. The molecule has 0 aliphatic carbocycles. The fourth-order valence-electron chi connectivity index (χ4n) is 5.06. The van der Waals surface area contributed by atoms with Crippen LogP contribution in [0.1, 0.15) is 39.2 Å². The van der Waals surface area contributed by atoms with Crippen molar-refractivity contribution in [3.8, 4) is 0 Å². The number of nitrogens with one attached hydrogen (secondary N) is 2. The molecule has 0 radical (unpaired) electrons. The largest absolute Gasteiger partial charge is 0.371 e. The summed E-state index contributed by atoms with van der Waals surface area (Å²) in [6, 6.07) is 15.4. The molecule has 5 nitrogen and oxygen atoms in total. The molecule has 0 saturated carbocycles. The quantitative estimate of drug-likeness (QED) is 0.325.